The maximum absolute atomic E-state index is 13.0. The van der Waals surface area contributed by atoms with E-state index in [-0.39, 0.29) is 5.82 Å². The first-order valence-electron chi connectivity index (χ1n) is 6.11. The molecule has 19 heavy (non-hydrogen) atoms. The van der Waals surface area contributed by atoms with Gasteiger partial charge >= 0.3 is 0 Å². The molecule has 0 aliphatic heterocycles. The lowest BCUT2D eigenvalue weighted by molar-refractivity contribution is 0.625. The molecule has 0 unspecified atom stereocenters. The zero-order valence-corrected chi connectivity index (χ0v) is 10.8. The van der Waals surface area contributed by atoms with Crippen molar-refractivity contribution >= 4 is 11.6 Å². The fourth-order valence-corrected chi connectivity index (χ4v) is 1.88. The van der Waals surface area contributed by atoms with Crippen molar-refractivity contribution in [3.8, 4) is 0 Å². The second kappa shape index (κ2) is 6.15. The minimum absolute atomic E-state index is 0.197. The first-order chi connectivity index (χ1) is 9.19. The number of nitrogens with two attached hydrogens (primary N) is 1. The van der Waals surface area contributed by atoms with Crippen LogP contribution in [0.5, 0.6) is 0 Å². The van der Waals surface area contributed by atoms with Crippen LogP contribution in [0.1, 0.15) is 11.1 Å². The Morgan fingerprint density at radius 3 is 2.74 bits per heavy atom. The molecule has 0 atom stereocenters. The Kier molecular flexibility index (Phi) is 4.30. The molecule has 0 saturated heterocycles. The number of nitrogen functional groups attached to an aromatic ring is 1. The molecule has 100 valence electrons. The molecule has 2 rings (SSSR count). The van der Waals surface area contributed by atoms with E-state index in [9.17, 15) is 4.39 Å². The van der Waals surface area contributed by atoms with E-state index in [2.05, 4.69) is 15.7 Å². The number of hydrazine groups is 1. The van der Waals surface area contributed by atoms with Gasteiger partial charge in [-0.05, 0) is 48.7 Å². The average Bonchev–Trinajstić information content (AvgIpc) is 2.41. The van der Waals surface area contributed by atoms with Crippen molar-refractivity contribution in [2.45, 2.75) is 13.3 Å². The van der Waals surface area contributed by atoms with Gasteiger partial charge in [-0.1, -0.05) is 12.1 Å². The van der Waals surface area contributed by atoms with Crippen molar-refractivity contribution in [3.05, 3.63) is 53.3 Å². The summed E-state index contributed by atoms with van der Waals surface area (Å²) in [7, 11) is 0. The van der Waals surface area contributed by atoms with Crippen LogP contribution in [0.4, 0.5) is 16.0 Å². The van der Waals surface area contributed by atoms with Crippen LogP contribution in [0.15, 0.2) is 36.4 Å². The van der Waals surface area contributed by atoms with E-state index < -0.39 is 0 Å². The normalized spacial score (nSPS) is 10.3. The van der Waals surface area contributed by atoms with Crippen molar-refractivity contribution in [2.24, 2.45) is 5.84 Å². The number of aromatic nitrogens is 1. The molecule has 1 heterocycles. The topological polar surface area (TPSA) is 63.0 Å². The van der Waals surface area contributed by atoms with Crippen molar-refractivity contribution in [1.82, 2.24) is 4.98 Å². The molecule has 1 aromatic carbocycles. The molecule has 0 amide bonds. The van der Waals surface area contributed by atoms with Gasteiger partial charge in [-0.2, -0.15) is 0 Å². The smallest absolute Gasteiger partial charge is 0.142 e. The third-order valence-corrected chi connectivity index (χ3v) is 2.90. The second-order valence-corrected chi connectivity index (χ2v) is 4.30. The highest BCUT2D eigenvalue weighted by Gasteiger charge is 2.01. The van der Waals surface area contributed by atoms with Crippen LogP contribution in [0.3, 0.4) is 0 Å². The third kappa shape index (κ3) is 3.66. The predicted octanol–water partition coefficient (Wildman–Crippen LogP) is 2.47. The van der Waals surface area contributed by atoms with E-state index in [0.717, 1.165) is 29.9 Å². The van der Waals surface area contributed by atoms with Crippen LogP contribution < -0.4 is 16.6 Å². The molecule has 0 spiro atoms. The largest absolute Gasteiger partial charge is 0.370 e. The number of aryl methyl sites for hydroxylation is 1. The van der Waals surface area contributed by atoms with Crippen LogP contribution in [0.25, 0.3) is 0 Å². The number of hydrogen-bond donors (Lipinski definition) is 3. The average molecular weight is 260 g/mol. The zero-order valence-electron chi connectivity index (χ0n) is 10.8. The lowest BCUT2D eigenvalue weighted by Crippen LogP contribution is -2.11. The van der Waals surface area contributed by atoms with Crippen molar-refractivity contribution in [3.63, 3.8) is 0 Å². The van der Waals surface area contributed by atoms with Gasteiger partial charge in [0.05, 0.1) is 0 Å². The number of hydrogen-bond acceptors (Lipinski definition) is 4. The Balaban J connectivity index is 1.92. The summed E-state index contributed by atoms with van der Waals surface area (Å²) >= 11 is 0. The molecule has 5 heteroatoms. The summed E-state index contributed by atoms with van der Waals surface area (Å²) in [4.78, 5) is 4.25. The lowest BCUT2D eigenvalue weighted by Gasteiger charge is -2.09. The van der Waals surface area contributed by atoms with Crippen LogP contribution >= 0.6 is 0 Å². The van der Waals surface area contributed by atoms with Crippen LogP contribution in [0, 0.1) is 12.7 Å². The summed E-state index contributed by atoms with van der Waals surface area (Å²) in [5, 5.41) is 3.21. The molecule has 1 aromatic heterocycles. The Bertz CT molecular complexity index is 557. The Labute approximate surface area is 111 Å². The van der Waals surface area contributed by atoms with Gasteiger partial charge in [0, 0.05) is 6.54 Å². The summed E-state index contributed by atoms with van der Waals surface area (Å²) in [6.45, 7) is 2.64. The predicted molar refractivity (Wildman–Crippen MR) is 75.4 cm³/mol. The van der Waals surface area contributed by atoms with Gasteiger partial charge in [0.25, 0.3) is 0 Å². The van der Waals surface area contributed by atoms with Crippen molar-refractivity contribution < 1.29 is 4.39 Å². The first kappa shape index (κ1) is 13.3. The number of pyridine rings is 1. The highest BCUT2D eigenvalue weighted by molar-refractivity contribution is 5.44. The van der Waals surface area contributed by atoms with Gasteiger partial charge in [-0.3, -0.25) is 0 Å². The quantitative estimate of drug-likeness (QED) is 0.571. The molecule has 0 radical (unpaired) electrons. The summed E-state index contributed by atoms with van der Waals surface area (Å²) in [5.41, 5.74) is 4.59. The minimum Gasteiger partial charge on any atom is -0.370 e. The molecule has 4 nitrogen and oxygen atoms in total. The van der Waals surface area contributed by atoms with E-state index in [1.807, 2.05) is 25.1 Å². The van der Waals surface area contributed by atoms with E-state index in [0.29, 0.717) is 5.82 Å². The van der Waals surface area contributed by atoms with Crippen LogP contribution in [-0.4, -0.2) is 11.5 Å². The summed E-state index contributed by atoms with van der Waals surface area (Å²) < 4.78 is 13.0. The van der Waals surface area contributed by atoms with Gasteiger partial charge in [-0.15, -0.1) is 0 Å². The molecular formula is C14H17FN4. The number of halogens is 1. The molecule has 2 aromatic rings. The maximum Gasteiger partial charge on any atom is 0.142 e. The number of anilines is 2. The summed E-state index contributed by atoms with van der Waals surface area (Å²) in [6, 6.07) is 10.4. The first-order valence-corrected chi connectivity index (χ1v) is 6.11. The molecule has 0 fully saturated rings. The van der Waals surface area contributed by atoms with Gasteiger partial charge in [-0.25, -0.2) is 15.2 Å². The lowest BCUT2D eigenvalue weighted by atomic mass is 10.1. The fraction of sp³-hybridized carbons (Fsp3) is 0.214. The SMILES string of the molecule is Cc1cc(F)ccc1CCNc1cccc(NN)n1. The fourth-order valence-electron chi connectivity index (χ4n) is 1.88. The van der Waals surface area contributed by atoms with Crippen LogP contribution in [-0.2, 0) is 6.42 Å². The zero-order chi connectivity index (χ0) is 13.7. The van der Waals surface area contributed by atoms with Gasteiger partial charge in [0.2, 0.25) is 0 Å². The van der Waals surface area contributed by atoms with E-state index in [4.69, 9.17) is 5.84 Å². The highest BCUT2D eigenvalue weighted by atomic mass is 19.1. The number of nitrogens with one attached hydrogen (secondary N) is 2. The van der Waals surface area contributed by atoms with E-state index in [1.165, 1.54) is 6.07 Å². The van der Waals surface area contributed by atoms with Gasteiger partial charge in [0.1, 0.15) is 17.5 Å². The van der Waals surface area contributed by atoms with E-state index in [1.54, 1.807) is 12.1 Å². The monoisotopic (exact) mass is 260 g/mol. The van der Waals surface area contributed by atoms with Gasteiger partial charge < -0.3 is 10.7 Å². The summed E-state index contributed by atoms with van der Waals surface area (Å²) in [6.07, 6.45) is 0.814. The van der Waals surface area contributed by atoms with Gasteiger partial charge in [0.15, 0.2) is 0 Å². The third-order valence-electron chi connectivity index (χ3n) is 2.90. The molecule has 0 aliphatic carbocycles. The maximum atomic E-state index is 13.0. The highest BCUT2D eigenvalue weighted by Crippen LogP contribution is 2.12. The number of rotatable bonds is 5. The summed E-state index contributed by atoms with van der Waals surface area (Å²) in [5.74, 6) is 6.47. The van der Waals surface area contributed by atoms with E-state index >= 15 is 0 Å². The standard InChI is InChI=1S/C14H17FN4/c1-10-9-12(15)6-5-11(10)7-8-17-13-3-2-4-14(18-13)19-16/h2-6,9H,7-8,16H2,1H3,(H2,17,18,19). The number of nitrogens with zero attached hydrogens (tertiary/aromatic N) is 1. The molecule has 0 aliphatic rings. The molecule has 0 bridgehead atoms. The van der Waals surface area contributed by atoms with Crippen molar-refractivity contribution in [1.29, 1.82) is 0 Å². The Morgan fingerprint density at radius 1 is 1.21 bits per heavy atom. The number of benzene rings is 1. The van der Waals surface area contributed by atoms with Crippen LogP contribution in [0.2, 0.25) is 0 Å². The molecular weight excluding hydrogens is 243 g/mol. The van der Waals surface area contributed by atoms with Crippen molar-refractivity contribution in [2.75, 3.05) is 17.3 Å². The molecule has 4 N–H and O–H groups in total. The Morgan fingerprint density at radius 2 is 2.00 bits per heavy atom. The second-order valence-electron chi connectivity index (χ2n) is 4.30. The minimum atomic E-state index is -0.197. The molecule has 0 saturated carbocycles. The Hall–Kier alpha value is -2.14.